The summed E-state index contributed by atoms with van der Waals surface area (Å²) in [6.45, 7) is 2.47. The fraction of sp³-hybridized carbons (Fsp3) is 0.267. The van der Waals surface area contributed by atoms with Gasteiger partial charge in [0.05, 0.1) is 0 Å². The summed E-state index contributed by atoms with van der Waals surface area (Å²) in [5.74, 6) is 0.316. The molecule has 6 nitrogen and oxygen atoms in total. The normalized spacial score (nSPS) is 11.3. The summed E-state index contributed by atoms with van der Waals surface area (Å²) in [5.41, 5.74) is 0.775. The summed E-state index contributed by atoms with van der Waals surface area (Å²) in [6, 6.07) is 6.24. The van der Waals surface area contributed by atoms with Crippen LogP contribution in [0.15, 0.2) is 39.0 Å². The van der Waals surface area contributed by atoms with Crippen molar-refractivity contribution < 1.29 is 4.39 Å². The van der Waals surface area contributed by atoms with E-state index in [-0.39, 0.29) is 5.82 Å². The fourth-order valence-electron chi connectivity index (χ4n) is 2.35. The van der Waals surface area contributed by atoms with Gasteiger partial charge in [0.1, 0.15) is 5.82 Å². The molecule has 0 saturated carbocycles. The van der Waals surface area contributed by atoms with E-state index in [2.05, 4.69) is 9.97 Å². The van der Waals surface area contributed by atoms with Gasteiger partial charge in [0.2, 0.25) is 0 Å². The highest BCUT2D eigenvalue weighted by molar-refractivity contribution is 7.98. The summed E-state index contributed by atoms with van der Waals surface area (Å²) < 4.78 is 16.0. The van der Waals surface area contributed by atoms with Gasteiger partial charge < -0.3 is 4.57 Å². The molecule has 3 aromatic rings. The van der Waals surface area contributed by atoms with Gasteiger partial charge in [-0.2, -0.15) is 0 Å². The minimum absolute atomic E-state index is 0.277. The first-order valence-electron chi connectivity index (χ1n) is 7.08. The minimum Gasteiger partial charge on any atom is -0.313 e. The number of imidazole rings is 1. The second kappa shape index (κ2) is 6.04. The molecule has 0 aliphatic heterocycles. The zero-order valence-corrected chi connectivity index (χ0v) is 13.5. The number of halogens is 1. The van der Waals surface area contributed by atoms with E-state index in [4.69, 9.17) is 0 Å². The SMILES string of the molecule is CCn1c(SCc2ccc(F)cc2)nc2c1c(=O)[nH]c(=O)n2C. The number of aromatic nitrogens is 4. The van der Waals surface area contributed by atoms with Gasteiger partial charge in [0, 0.05) is 19.3 Å². The molecule has 0 saturated heterocycles. The number of nitrogens with zero attached hydrogens (tertiary/aromatic N) is 3. The Balaban J connectivity index is 2.02. The highest BCUT2D eigenvalue weighted by atomic mass is 32.2. The van der Waals surface area contributed by atoms with Crippen molar-refractivity contribution in [2.24, 2.45) is 7.05 Å². The number of hydrogen-bond acceptors (Lipinski definition) is 4. The average molecular weight is 334 g/mol. The van der Waals surface area contributed by atoms with Gasteiger partial charge in [0.15, 0.2) is 16.3 Å². The molecule has 0 aliphatic carbocycles. The quantitative estimate of drug-likeness (QED) is 0.740. The molecule has 120 valence electrons. The molecule has 0 unspecified atom stereocenters. The van der Waals surface area contributed by atoms with Gasteiger partial charge in [-0.15, -0.1) is 0 Å². The lowest BCUT2D eigenvalue weighted by molar-refractivity contribution is 0.627. The van der Waals surface area contributed by atoms with Crippen LogP contribution in [-0.4, -0.2) is 19.1 Å². The van der Waals surface area contributed by atoms with Gasteiger partial charge in [-0.25, -0.2) is 14.2 Å². The van der Waals surface area contributed by atoms with Crippen LogP contribution in [0.2, 0.25) is 0 Å². The maximum absolute atomic E-state index is 12.9. The molecular formula is C15H15FN4O2S. The Kier molecular flexibility index (Phi) is 4.08. The Labute approximate surface area is 135 Å². The highest BCUT2D eigenvalue weighted by Gasteiger charge is 2.16. The standard InChI is InChI=1S/C15H15FN4O2S/c1-3-20-11-12(19(2)14(22)18-13(11)21)17-15(20)23-8-9-4-6-10(16)7-5-9/h4-7H,3,8H2,1-2H3,(H,18,21,22). The fourth-order valence-corrected chi connectivity index (χ4v) is 3.36. The molecule has 2 heterocycles. The minimum atomic E-state index is -0.488. The molecule has 2 aromatic heterocycles. The predicted molar refractivity (Wildman–Crippen MR) is 87.2 cm³/mol. The third-order valence-corrected chi connectivity index (χ3v) is 4.62. The van der Waals surface area contributed by atoms with Crippen molar-refractivity contribution in [3.63, 3.8) is 0 Å². The van der Waals surface area contributed by atoms with E-state index in [1.807, 2.05) is 6.92 Å². The number of thioether (sulfide) groups is 1. The van der Waals surface area contributed by atoms with Crippen molar-refractivity contribution >= 4 is 22.9 Å². The van der Waals surface area contributed by atoms with E-state index < -0.39 is 11.2 Å². The van der Waals surface area contributed by atoms with Crippen LogP contribution in [-0.2, 0) is 19.3 Å². The van der Waals surface area contributed by atoms with E-state index in [9.17, 15) is 14.0 Å². The van der Waals surface area contributed by atoms with E-state index in [1.54, 1.807) is 23.7 Å². The number of nitrogens with one attached hydrogen (secondary N) is 1. The second-order valence-electron chi connectivity index (χ2n) is 5.04. The van der Waals surface area contributed by atoms with E-state index in [0.29, 0.717) is 28.6 Å². The van der Waals surface area contributed by atoms with Crippen LogP contribution in [0.25, 0.3) is 11.2 Å². The first-order chi connectivity index (χ1) is 11.0. The third kappa shape index (κ3) is 2.81. The van der Waals surface area contributed by atoms with E-state index in [0.717, 1.165) is 5.56 Å². The van der Waals surface area contributed by atoms with Gasteiger partial charge >= 0.3 is 5.69 Å². The van der Waals surface area contributed by atoms with Crippen LogP contribution >= 0.6 is 11.8 Å². The molecule has 0 spiro atoms. The van der Waals surface area contributed by atoms with Crippen molar-refractivity contribution in [3.8, 4) is 0 Å². The van der Waals surface area contributed by atoms with Crippen molar-refractivity contribution in [1.82, 2.24) is 19.1 Å². The number of rotatable bonds is 4. The number of hydrogen-bond donors (Lipinski definition) is 1. The lowest BCUT2D eigenvalue weighted by atomic mass is 10.2. The molecule has 3 rings (SSSR count). The molecule has 0 amide bonds. The third-order valence-electron chi connectivity index (χ3n) is 3.57. The Bertz CT molecular complexity index is 972. The second-order valence-corrected chi connectivity index (χ2v) is 5.99. The van der Waals surface area contributed by atoms with Crippen molar-refractivity contribution in [3.05, 3.63) is 56.5 Å². The Morgan fingerprint density at radius 3 is 2.61 bits per heavy atom. The molecule has 0 fully saturated rings. The van der Waals surface area contributed by atoms with E-state index >= 15 is 0 Å². The summed E-state index contributed by atoms with van der Waals surface area (Å²) >= 11 is 1.44. The monoisotopic (exact) mass is 334 g/mol. The van der Waals surface area contributed by atoms with Crippen LogP contribution in [0.4, 0.5) is 4.39 Å². The smallest absolute Gasteiger partial charge is 0.313 e. The Morgan fingerprint density at radius 1 is 1.26 bits per heavy atom. The summed E-state index contributed by atoms with van der Waals surface area (Å²) in [4.78, 5) is 30.5. The number of benzene rings is 1. The largest absolute Gasteiger partial charge is 0.329 e. The number of fused-ring (bicyclic) bond motifs is 1. The highest BCUT2D eigenvalue weighted by Crippen LogP contribution is 2.24. The maximum Gasteiger partial charge on any atom is 0.329 e. The Morgan fingerprint density at radius 2 is 1.96 bits per heavy atom. The number of H-pyrrole nitrogens is 1. The van der Waals surface area contributed by atoms with Gasteiger partial charge in [-0.05, 0) is 24.6 Å². The molecule has 0 atom stereocenters. The molecule has 0 aliphatic rings. The van der Waals surface area contributed by atoms with Crippen LogP contribution in [0.1, 0.15) is 12.5 Å². The zero-order valence-electron chi connectivity index (χ0n) is 12.7. The van der Waals surface area contributed by atoms with Crippen LogP contribution < -0.4 is 11.2 Å². The number of aromatic amines is 1. The van der Waals surface area contributed by atoms with Crippen molar-refractivity contribution in [2.75, 3.05) is 0 Å². The van der Waals surface area contributed by atoms with Gasteiger partial charge in [0.25, 0.3) is 5.56 Å². The topological polar surface area (TPSA) is 72.7 Å². The maximum atomic E-state index is 12.9. The molecule has 1 N–H and O–H groups in total. The van der Waals surface area contributed by atoms with Gasteiger partial charge in [-0.1, -0.05) is 23.9 Å². The molecular weight excluding hydrogens is 319 g/mol. The Hall–Kier alpha value is -2.35. The summed E-state index contributed by atoms with van der Waals surface area (Å²) in [5, 5.41) is 0.651. The van der Waals surface area contributed by atoms with Crippen LogP contribution in [0, 0.1) is 5.82 Å². The summed E-state index contributed by atoms with van der Waals surface area (Å²) in [6.07, 6.45) is 0. The lowest BCUT2D eigenvalue weighted by Crippen LogP contribution is -2.29. The van der Waals surface area contributed by atoms with E-state index in [1.165, 1.54) is 28.5 Å². The number of aryl methyl sites for hydroxylation is 2. The molecule has 23 heavy (non-hydrogen) atoms. The average Bonchev–Trinajstić information content (AvgIpc) is 2.91. The molecule has 0 radical (unpaired) electrons. The molecule has 0 bridgehead atoms. The predicted octanol–water partition coefficient (Wildman–Crippen LogP) is 1.87. The molecule has 8 heteroatoms. The zero-order chi connectivity index (χ0) is 16.6. The van der Waals surface area contributed by atoms with Crippen molar-refractivity contribution in [1.29, 1.82) is 0 Å². The lowest BCUT2D eigenvalue weighted by Gasteiger charge is -2.05. The summed E-state index contributed by atoms with van der Waals surface area (Å²) in [7, 11) is 1.57. The van der Waals surface area contributed by atoms with Crippen molar-refractivity contribution in [2.45, 2.75) is 24.4 Å². The van der Waals surface area contributed by atoms with Gasteiger partial charge in [-0.3, -0.25) is 14.3 Å². The first kappa shape index (κ1) is 15.5. The first-order valence-corrected chi connectivity index (χ1v) is 8.06. The van der Waals surface area contributed by atoms with Crippen LogP contribution in [0.5, 0.6) is 0 Å². The molecule has 1 aromatic carbocycles. The van der Waals surface area contributed by atoms with Crippen LogP contribution in [0.3, 0.4) is 0 Å².